The predicted octanol–water partition coefficient (Wildman–Crippen LogP) is 0.304. The number of rotatable bonds is 6. The Morgan fingerprint density at radius 3 is 1.35 bits per heavy atom. The Bertz CT molecular complexity index is 341. The van der Waals surface area contributed by atoms with Crippen molar-refractivity contribution in [3.63, 3.8) is 0 Å². The van der Waals surface area contributed by atoms with Crippen molar-refractivity contribution in [3.8, 4) is 0 Å². The minimum absolute atomic E-state index is 0. The Kier molecular flexibility index (Phi) is 31.9. The van der Waals surface area contributed by atoms with E-state index >= 15 is 0 Å². The molecule has 0 atom stereocenters. The van der Waals surface area contributed by atoms with Gasteiger partial charge in [-0.1, -0.05) is 52.4 Å². The van der Waals surface area contributed by atoms with Crippen LogP contribution in [0.5, 0.6) is 0 Å². The molecule has 0 aliphatic rings. The first-order valence-corrected chi connectivity index (χ1v) is 7.78. The van der Waals surface area contributed by atoms with Gasteiger partial charge < -0.3 is 24.8 Å². The van der Waals surface area contributed by atoms with Crippen LogP contribution in [-0.4, -0.2) is 0 Å². The molecule has 2 rings (SSSR count). The van der Waals surface area contributed by atoms with Crippen molar-refractivity contribution in [2.24, 2.45) is 0 Å². The van der Waals surface area contributed by atoms with Crippen molar-refractivity contribution in [2.45, 2.75) is 52.4 Å². The topological polar surface area (TPSA) is 0 Å². The fourth-order valence-electron chi connectivity index (χ4n) is 1.92. The Balaban J connectivity index is -0.000000127. The van der Waals surface area contributed by atoms with Gasteiger partial charge in [0.15, 0.2) is 0 Å². The number of unbranched alkanes of at least 4 members (excludes halogenated alkanes) is 2. The SMILES string of the molecule is C=C.CCCCc1ccc[cH-]1.CCCCc1ccc[cH-]1.[Cl-].[Cl-].[Ti+4]. The quantitative estimate of drug-likeness (QED) is 0.379. The van der Waals surface area contributed by atoms with Gasteiger partial charge in [0.05, 0.1) is 0 Å². The molecule has 0 N–H and O–H groups in total. The summed E-state index contributed by atoms with van der Waals surface area (Å²) < 4.78 is 0. The van der Waals surface area contributed by atoms with E-state index < -0.39 is 0 Å². The van der Waals surface area contributed by atoms with E-state index in [1.54, 1.807) is 0 Å². The summed E-state index contributed by atoms with van der Waals surface area (Å²) in [6.45, 7) is 10.5. The number of hydrogen-bond acceptors (Lipinski definition) is 0. The van der Waals surface area contributed by atoms with E-state index in [1.165, 1.54) is 49.7 Å². The maximum absolute atomic E-state index is 3.00. The number of hydrogen-bond donors (Lipinski definition) is 0. The van der Waals surface area contributed by atoms with Gasteiger partial charge in [0.25, 0.3) is 0 Å². The molecule has 0 radical (unpaired) electrons. The molecule has 3 heteroatoms. The zero-order chi connectivity index (χ0) is 15.1. The largest absolute Gasteiger partial charge is 4.00 e. The van der Waals surface area contributed by atoms with Gasteiger partial charge in [0.1, 0.15) is 0 Å². The van der Waals surface area contributed by atoms with Crippen LogP contribution in [0.1, 0.15) is 50.7 Å². The molecule has 128 valence electrons. The molecule has 0 bridgehead atoms. The Hall–Kier alpha value is -0.266. The average Bonchev–Trinajstić information content (AvgIpc) is 3.19. The summed E-state index contributed by atoms with van der Waals surface area (Å²) in [5.74, 6) is 0. The summed E-state index contributed by atoms with van der Waals surface area (Å²) in [5.41, 5.74) is 2.97. The molecule has 0 aliphatic heterocycles. The van der Waals surface area contributed by atoms with Crippen molar-refractivity contribution in [3.05, 3.63) is 72.8 Å². The summed E-state index contributed by atoms with van der Waals surface area (Å²) in [6.07, 6.45) is 7.75. The third kappa shape index (κ3) is 17.9. The maximum Gasteiger partial charge on any atom is 4.00 e. The van der Waals surface area contributed by atoms with Crippen molar-refractivity contribution in [1.82, 2.24) is 0 Å². The second kappa shape index (κ2) is 24.0. The molecule has 0 saturated heterocycles. The molecule has 0 aliphatic carbocycles. The number of aryl methyl sites for hydroxylation is 2. The summed E-state index contributed by atoms with van der Waals surface area (Å²) in [5, 5.41) is 0. The molecule has 0 saturated carbocycles. The van der Waals surface area contributed by atoms with E-state index in [2.05, 4.69) is 75.5 Å². The first kappa shape index (κ1) is 30.6. The predicted molar refractivity (Wildman–Crippen MR) is 92.5 cm³/mol. The van der Waals surface area contributed by atoms with Crippen molar-refractivity contribution < 1.29 is 46.5 Å². The third-order valence-electron chi connectivity index (χ3n) is 3.10. The molecule has 0 heterocycles. The van der Waals surface area contributed by atoms with E-state index in [0.717, 1.165) is 0 Å². The molecule has 2 aromatic carbocycles. The van der Waals surface area contributed by atoms with Crippen molar-refractivity contribution in [2.75, 3.05) is 0 Å². The van der Waals surface area contributed by atoms with Gasteiger partial charge in [-0.25, -0.2) is 24.3 Å². The van der Waals surface area contributed by atoms with Gasteiger partial charge in [-0.2, -0.15) is 35.4 Å². The summed E-state index contributed by atoms with van der Waals surface area (Å²) in [7, 11) is 0. The summed E-state index contributed by atoms with van der Waals surface area (Å²) >= 11 is 0. The number of halogens is 2. The molecule has 2 aromatic rings. The fourth-order valence-corrected chi connectivity index (χ4v) is 1.92. The first-order chi connectivity index (χ1) is 9.86. The molecule has 0 amide bonds. The van der Waals surface area contributed by atoms with Gasteiger partial charge in [-0.05, 0) is 0 Å². The van der Waals surface area contributed by atoms with E-state index in [4.69, 9.17) is 0 Å². The van der Waals surface area contributed by atoms with Crippen molar-refractivity contribution in [1.29, 1.82) is 0 Å². The molecular weight excluding hydrogens is 359 g/mol. The van der Waals surface area contributed by atoms with Crippen LogP contribution in [0.2, 0.25) is 0 Å². The fraction of sp³-hybridized carbons (Fsp3) is 0.400. The van der Waals surface area contributed by atoms with Gasteiger partial charge in [-0.15, -0.1) is 13.2 Å². The van der Waals surface area contributed by atoms with Crippen LogP contribution in [0.3, 0.4) is 0 Å². The zero-order valence-corrected chi connectivity index (χ0v) is 17.6. The van der Waals surface area contributed by atoms with E-state index in [1.807, 2.05) is 0 Å². The zero-order valence-electron chi connectivity index (χ0n) is 14.5. The Morgan fingerprint density at radius 2 is 1.13 bits per heavy atom. The smallest absolute Gasteiger partial charge is 1.00 e. The summed E-state index contributed by atoms with van der Waals surface area (Å²) in [6, 6.07) is 17.2. The normalized spacial score (nSPS) is 7.91. The molecule has 0 spiro atoms. The Labute approximate surface area is 171 Å². The van der Waals surface area contributed by atoms with Crippen molar-refractivity contribution >= 4 is 0 Å². The van der Waals surface area contributed by atoms with Gasteiger partial charge in [0, 0.05) is 0 Å². The molecule has 0 aromatic heterocycles. The van der Waals surface area contributed by atoms with Crippen LogP contribution in [0, 0.1) is 0 Å². The van der Waals surface area contributed by atoms with Crippen LogP contribution in [0.25, 0.3) is 0 Å². The molecular formula is C20H30Cl2Ti. The van der Waals surface area contributed by atoms with Crippen LogP contribution in [-0.2, 0) is 34.6 Å². The minimum atomic E-state index is 0. The monoisotopic (exact) mass is 388 g/mol. The Morgan fingerprint density at radius 1 is 0.783 bits per heavy atom. The van der Waals surface area contributed by atoms with Gasteiger partial charge >= 0.3 is 21.7 Å². The average molecular weight is 389 g/mol. The van der Waals surface area contributed by atoms with E-state index in [0.29, 0.717) is 0 Å². The van der Waals surface area contributed by atoms with Crippen LogP contribution >= 0.6 is 0 Å². The standard InChI is InChI=1S/2C9H13.C2H4.2ClH.Ti/c2*1-2-3-6-9-7-4-5-8-9;1-2;;;/h2*4-5,7-8H,2-3,6H2,1H3;1-2H2;2*1H;/q2*-1;;;;+4/p-2. The summed E-state index contributed by atoms with van der Waals surface area (Å²) in [4.78, 5) is 0. The molecule has 0 fully saturated rings. The van der Waals surface area contributed by atoms with Gasteiger partial charge in [-0.3, -0.25) is 0 Å². The molecule has 0 nitrogen and oxygen atoms in total. The van der Waals surface area contributed by atoms with E-state index in [9.17, 15) is 0 Å². The molecule has 23 heavy (non-hydrogen) atoms. The first-order valence-electron chi connectivity index (χ1n) is 7.78. The minimum Gasteiger partial charge on any atom is -1.00 e. The van der Waals surface area contributed by atoms with Crippen LogP contribution in [0.4, 0.5) is 0 Å². The van der Waals surface area contributed by atoms with Crippen LogP contribution < -0.4 is 24.8 Å². The maximum atomic E-state index is 3.00. The van der Waals surface area contributed by atoms with E-state index in [-0.39, 0.29) is 46.5 Å². The second-order valence-electron chi connectivity index (χ2n) is 4.79. The second-order valence-corrected chi connectivity index (χ2v) is 4.79. The third-order valence-corrected chi connectivity index (χ3v) is 3.10. The van der Waals surface area contributed by atoms with Crippen LogP contribution in [0.15, 0.2) is 61.7 Å². The molecule has 0 unspecified atom stereocenters. The van der Waals surface area contributed by atoms with Gasteiger partial charge in [0.2, 0.25) is 0 Å².